The highest BCUT2D eigenvalue weighted by Crippen LogP contribution is 2.40. The molecule has 4 rings (SSSR count). The zero-order valence-electron chi connectivity index (χ0n) is 18.6. The Bertz CT molecular complexity index is 894. The molecule has 164 valence electrons. The van der Waals surface area contributed by atoms with E-state index >= 15 is 0 Å². The molecule has 1 atom stereocenters. The largest absolute Gasteiger partial charge is 0.487 e. The molecule has 0 spiro atoms. The van der Waals surface area contributed by atoms with Crippen LogP contribution in [0.1, 0.15) is 65.7 Å². The van der Waals surface area contributed by atoms with Gasteiger partial charge in [0.05, 0.1) is 17.1 Å². The van der Waals surface area contributed by atoms with Crippen LogP contribution in [0.4, 0.5) is 0 Å². The van der Waals surface area contributed by atoms with E-state index in [0.717, 1.165) is 55.3 Å². The molecule has 2 aromatic rings. The molecule has 0 radical (unpaired) electrons. The summed E-state index contributed by atoms with van der Waals surface area (Å²) in [5.74, 6) is 1.41. The second-order valence-electron chi connectivity index (χ2n) is 9.52. The molecule has 0 N–H and O–H groups in total. The molecule has 6 nitrogen and oxygen atoms in total. The smallest absolute Gasteiger partial charge is 0.297 e. The minimum Gasteiger partial charge on any atom is -0.487 e. The molecule has 2 aliphatic carbocycles. The molecule has 0 aliphatic heterocycles. The molecule has 2 saturated carbocycles. The van der Waals surface area contributed by atoms with E-state index < -0.39 is 0 Å². The fourth-order valence-electron chi connectivity index (χ4n) is 4.19. The Labute approximate surface area is 178 Å². The molecule has 2 aliphatic rings. The van der Waals surface area contributed by atoms with Crippen molar-refractivity contribution in [1.82, 2.24) is 9.55 Å². The third kappa shape index (κ3) is 5.15. The molecule has 2 fully saturated rings. The molecule has 0 bridgehead atoms. The van der Waals surface area contributed by atoms with Crippen molar-refractivity contribution in [2.24, 2.45) is 13.0 Å². The van der Waals surface area contributed by atoms with Gasteiger partial charge in [-0.25, -0.2) is 0 Å². The maximum atomic E-state index is 11.2. The summed E-state index contributed by atoms with van der Waals surface area (Å²) in [5.41, 5.74) is 1.97. The number of fused-ring (bicyclic) bond motifs is 1. The molecule has 0 unspecified atom stereocenters. The van der Waals surface area contributed by atoms with Gasteiger partial charge in [0.1, 0.15) is 23.2 Å². The Balaban J connectivity index is 1.30. The predicted molar refractivity (Wildman–Crippen MR) is 116 cm³/mol. The SMILES string of the molecule is CC(=O)C[C@@H](C)COC1CCC(Oc2nc3ccc(OC4(C)CC4)cc3n2C)CC1. The quantitative estimate of drug-likeness (QED) is 0.588. The van der Waals surface area contributed by atoms with Gasteiger partial charge in [0.25, 0.3) is 6.01 Å². The lowest BCUT2D eigenvalue weighted by molar-refractivity contribution is -0.118. The summed E-state index contributed by atoms with van der Waals surface area (Å²) in [5, 5.41) is 0. The molecular weight excluding hydrogens is 380 g/mol. The van der Waals surface area contributed by atoms with E-state index in [1.807, 2.05) is 23.7 Å². The minimum atomic E-state index is 0.0101. The van der Waals surface area contributed by atoms with Crippen LogP contribution in [0.5, 0.6) is 11.8 Å². The standard InChI is InChI=1S/C24H34N2O4/c1-16(13-17(2)27)15-28-18-5-7-19(8-6-18)29-23-25-21-10-9-20(14-22(21)26(23)4)30-24(3)11-12-24/h9-10,14,16,18-19H,5-8,11-13,15H2,1-4H3/t16-,18?,19?/m1/s1. The predicted octanol–water partition coefficient (Wildman–Crippen LogP) is 4.83. The zero-order valence-corrected chi connectivity index (χ0v) is 18.6. The number of Topliss-reactive ketones (excluding diaryl/α,β-unsaturated/α-hetero) is 1. The lowest BCUT2D eigenvalue weighted by Gasteiger charge is -2.29. The van der Waals surface area contributed by atoms with E-state index in [1.165, 1.54) is 0 Å². The molecular formula is C24H34N2O4. The number of imidazole rings is 1. The number of aromatic nitrogens is 2. The van der Waals surface area contributed by atoms with Gasteiger partial charge < -0.3 is 19.0 Å². The van der Waals surface area contributed by atoms with Crippen molar-refractivity contribution in [3.8, 4) is 11.8 Å². The summed E-state index contributed by atoms with van der Waals surface area (Å²) < 4.78 is 20.4. The van der Waals surface area contributed by atoms with Gasteiger partial charge in [0.2, 0.25) is 0 Å². The summed E-state index contributed by atoms with van der Waals surface area (Å²) in [6.45, 7) is 6.52. The second kappa shape index (κ2) is 8.58. The van der Waals surface area contributed by atoms with Gasteiger partial charge in [-0.1, -0.05) is 6.92 Å². The normalized spacial score (nSPS) is 23.9. The number of hydrogen-bond donors (Lipinski definition) is 0. The van der Waals surface area contributed by atoms with Gasteiger partial charge in [-0.15, -0.1) is 0 Å². The third-order valence-electron chi connectivity index (χ3n) is 6.28. The summed E-state index contributed by atoms with van der Waals surface area (Å²) in [6.07, 6.45) is 7.15. The summed E-state index contributed by atoms with van der Waals surface area (Å²) in [7, 11) is 2.00. The van der Waals surface area contributed by atoms with Crippen LogP contribution in [0.2, 0.25) is 0 Å². The highest BCUT2D eigenvalue weighted by Gasteiger charge is 2.40. The first-order valence-corrected chi connectivity index (χ1v) is 11.2. The lowest BCUT2D eigenvalue weighted by atomic mass is 9.95. The Morgan fingerprint density at radius 2 is 1.93 bits per heavy atom. The Kier molecular flexibility index (Phi) is 6.05. The number of benzene rings is 1. The van der Waals surface area contributed by atoms with E-state index in [2.05, 4.69) is 24.9 Å². The van der Waals surface area contributed by atoms with Crippen molar-refractivity contribution in [2.45, 2.75) is 83.5 Å². The van der Waals surface area contributed by atoms with E-state index in [9.17, 15) is 4.79 Å². The molecule has 0 amide bonds. The molecule has 6 heteroatoms. The van der Waals surface area contributed by atoms with Gasteiger partial charge in [-0.2, -0.15) is 4.98 Å². The van der Waals surface area contributed by atoms with Crippen molar-refractivity contribution in [2.75, 3.05) is 6.61 Å². The Hall–Kier alpha value is -2.08. The molecule has 30 heavy (non-hydrogen) atoms. The van der Waals surface area contributed by atoms with E-state index in [0.29, 0.717) is 19.0 Å². The van der Waals surface area contributed by atoms with Crippen LogP contribution in [0.3, 0.4) is 0 Å². The van der Waals surface area contributed by atoms with Gasteiger partial charge >= 0.3 is 0 Å². The highest BCUT2D eigenvalue weighted by molar-refractivity contribution is 5.78. The monoisotopic (exact) mass is 414 g/mol. The first kappa shape index (κ1) is 21.2. The molecule has 1 aromatic carbocycles. The molecule has 1 heterocycles. The average Bonchev–Trinajstić information content (AvgIpc) is 3.35. The van der Waals surface area contributed by atoms with Crippen LogP contribution >= 0.6 is 0 Å². The fourth-order valence-corrected chi connectivity index (χ4v) is 4.19. The van der Waals surface area contributed by atoms with Gasteiger partial charge in [0, 0.05) is 26.1 Å². The van der Waals surface area contributed by atoms with Crippen LogP contribution in [0, 0.1) is 5.92 Å². The second-order valence-corrected chi connectivity index (χ2v) is 9.52. The van der Waals surface area contributed by atoms with E-state index in [-0.39, 0.29) is 29.5 Å². The van der Waals surface area contributed by atoms with Crippen molar-refractivity contribution < 1.29 is 19.0 Å². The van der Waals surface area contributed by atoms with Crippen LogP contribution in [-0.2, 0) is 16.6 Å². The molecule has 1 aromatic heterocycles. The van der Waals surface area contributed by atoms with Crippen molar-refractivity contribution in [3.63, 3.8) is 0 Å². The number of carbonyl (C=O) groups excluding carboxylic acids is 1. The first-order chi connectivity index (χ1) is 14.3. The van der Waals surface area contributed by atoms with Crippen molar-refractivity contribution >= 4 is 16.8 Å². The number of nitrogens with zero attached hydrogens (tertiary/aromatic N) is 2. The Morgan fingerprint density at radius 3 is 2.60 bits per heavy atom. The number of rotatable bonds is 9. The van der Waals surface area contributed by atoms with Crippen LogP contribution in [-0.4, -0.2) is 39.8 Å². The van der Waals surface area contributed by atoms with Crippen LogP contribution < -0.4 is 9.47 Å². The number of ether oxygens (including phenoxy) is 3. The lowest BCUT2D eigenvalue weighted by Crippen LogP contribution is -2.30. The van der Waals surface area contributed by atoms with Gasteiger partial charge in [-0.05, 0) is 70.4 Å². The Morgan fingerprint density at radius 1 is 1.23 bits per heavy atom. The highest BCUT2D eigenvalue weighted by atomic mass is 16.5. The van der Waals surface area contributed by atoms with Crippen molar-refractivity contribution in [1.29, 1.82) is 0 Å². The topological polar surface area (TPSA) is 62.6 Å². The first-order valence-electron chi connectivity index (χ1n) is 11.2. The average molecular weight is 415 g/mol. The van der Waals surface area contributed by atoms with Crippen LogP contribution in [0.15, 0.2) is 18.2 Å². The van der Waals surface area contributed by atoms with E-state index in [1.54, 1.807) is 6.92 Å². The maximum Gasteiger partial charge on any atom is 0.297 e. The summed E-state index contributed by atoms with van der Waals surface area (Å²) >= 11 is 0. The van der Waals surface area contributed by atoms with Gasteiger partial charge in [-0.3, -0.25) is 4.57 Å². The minimum absolute atomic E-state index is 0.0101. The van der Waals surface area contributed by atoms with E-state index in [4.69, 9.17) is 14.2 Å². The number of aryl methyl sites for hydroxylation is 1. The third-order valence-corrected chi connectivity index (χ3v) is 6.28. The van der Waals surface area contributed by atoms with Crippen molar-refractivity contribution in [3.05, 3.63) is 18.2 Å². The van der Waals surface area contributed by atoms with Crippen LogP contribution in [0.25, 0.3) is 11.0 Å². The zero-order chi connectivity index (χ0) is 21.3. The summed E-state index contributed by atoms with van der Waals surface area (Å²) in [6, 6.07) is 6.74. The number of ketones is 1. The summed E-state index contributed by atoms with van der Waals surface area (Å²) in [4.78, 5) is 15.9. The maximum absolute atomic E-state index is 11.2. The molecule has 0 saturated heterocycles. The number of carbonyl (C=O) groups is 1. The number of hydrogen-bond acceptors (Lipinski definition) is 5. The fraction of sp³-hybridized carbons (Fsp3) is 0.667. The van der Waals surface area contributed by atoms with Gasteiger partial charge in [0.15, 0.2) is 0 Å².